The van der Waals surface area contributed by atoms with E-state index in [0.717, 1.165) is 32.5 Å². The fourth-order valence-electron chi connectivity index (χ4n) is 4.36. The summed E-state index contributed by atoms with van der Waals surface area (Å²) >= 11 is 1.84. The summed E-state index contributed by atoms with van der Waals surface area (Å²) in [4.78, 5) is 16.9. The van der Waals surface area contributed by atoms with Crippen molar-refractivity contribution < 1.29 is 14.3 Å². The van der Waals surface area contributed by atoms with E-state index >= 15 is 0 Å². The molecule has 176 valence electrons. The first-order valence-electron chi connectivity index (χ1n) is 11.4. The molecule has 1 aliphatic rings. The topological polar surface area (TPSA) is 67.8 Å². The minimum atomic E-state index is -0.266. The van der Waals surface area contributed by atoms with Crippen molar-refractivity contribution in [2.45, 2.75) is 39.3 Å². The van der Waals surface area contributed by atoms with Crippen LogP contribution < -0.4 is 20.1 Å². The molecule has 0 bridgehead atoms. The number of anilines is 1. The summed E-state index contributed by atoms with van der Waals surface area (Å²) in [5.74, 6) is 1.24. The molecule has 1 atom stereocenters. The van der Waals surface area contributed by atoms with Gasteiger partial charge in [-0.25, -0.2) is 4.79 Å². The zero-order valence-electron chi connectivity index (χ0n) is 19.7. The number of urea groups is 1. The number of thiophene rings is 1. The van der Waals surface area contributed by atoms with Crippen molar-refractivity contribution in [1.82, 2.24) is 14.8 Å². The third-order valence-electron chi connectivity index (χ3n) is 6.16. The Morgan fingerprint density at radius 1 is 1.18 bits per heavy atom. The lowest BCUT2D eigenvalue weighted by Gasteiger charge is -2.27. The Labute approximate surface area is 199 Å². The van der Waals surface area contributed by atoms with Crippen LogP contribution in [0.3, 0.4) is 0 Å². The molecule has 4 rings (SSSR count). The molecule has 0 aliphatic carbocycles. The Bertz CT molecular complexity index is 1090. The molecule has 3 heterocycles. The molecule has 8 heteroatoms. The van der Waals surface area contributed by atoms with Gasteiger partial charge < -0.3 is 24.7 Å². The molecule has 0 unspecified atom stereocenters. The number of likely N-dealkylation sites (N-methyl/N-ethyl adjacent to an activating group) is 1. The number of hydrogen-bond acceptors (Lipinski definition) is 5. The average molecular weight is 469 g/mol. The van der Waals surface area contributed by atoms with Crippen molar-refractivity contribution in [3.05, 3.63) is 58.7 Å². The van der Waals surface area contributed by atoms with Crippen LogP contribution in [0.25, 0.3) is 5.00 Å². The van der Waals surface area contributed by atoms with Crippen LogP contribution >= 0.6 is 11.3 Å². The van der Waals surface area contributed by atoms with Crippen molar-refractivity contribution in [2.75, 3.05) is 32.6 Å². The number of nitrogens with zero attached hydrogens (tertiary/aromatic N) is 2. The van der Waals surface area contributed by atoms with E-state index < -0.39 is 0 Å². The smallest absolute Gasteiger partial charge is 0.319 e. The largest absolute Gasteiger partial charge is 0.497 e. The van der Waals surface area contributed by atoms with Gasteiger partial charge in [0.05, 0.1) is 25.9 Å². The van der Waals surface area contributed by atoms with Gasteiger partial charge >= 0.3 is 6.03 Å². The van der Waals surface area contributed by atoms with E-state index in [0.29, 0.717) is 17.2 Å². The number of hydrogen-bond donors (Lipinski definition) is 2. The number of amides is 2. The quantitative estimate of drug-likeness (QED) is 0.476. The molecule has 2 aromatic heterocycles. The average Bonchev–Trinajstić information content (AvgIpc) is 3.50. The van der Waals surface area contributed by atoms with E-state index in [9.17, 15) is 4.79 Å². The second-order valence-electron chi connectivity index (χ2n) is 8.06. The molecule has 0 saturated heterocycles. The molecule has 0 spiro atoms. The van der Waals surface area contributed by atoms with Gasteiger partial charge in [0.25, 0.3) is 0 Å². The third-order valence-corrected chi connectivity index (χ3v) is 7.41. The van der Waals surface area contributed by atoms with Gasteiger partial charge in [-0.3, -0.25) is 4.90 Å². The van der Waals surface area contributed by atoms with Crippen molar-refractivity contribution in [3.8, 4) is 16.5 Å². The minimum absolute atomic E-state index is 0.104. The van der Waals surface area contributed by atoms with E-state index in [1.807, 2.05) is 23.5 Å². The highest BCUT2D eigenvalue weighted by atomic mass is 32.1. The predicted octanol–water partition coefficient (Wildman–Crippen LogP) is 5.21. The SMILES string of the molecule is CC[C@H](NC(=O)Nc1cc(OC)ccc1OC)c1c(-n2cccc2)sc2c1CCN(CC)C2. The highest BCUT2D eigenvalue weighted by Crippen LogP contribution is 2.40. The molecule has 1 aromatic carbocycles. The first-order valence-corrected chi connectivity index (χ1v) is 12.2. The van der Waals surface area contributed by atoms with Gasteiger partial charge in [0, 0.05) is 42.0 Å². The second kappa shape index (κ2) is 10.3. The predicted molar refractivity (Wildman–Crippen MR) is 133 cm³/mol. The summed E-state index contributed by atoms with van der Waals surface area (Å²) in [7, 11) is 3.18. The number of methoxy groups -OCH3 is 2. The van der Waals surface area contributed by atoms with E-state index in [2.05, 4.69) is 46.3 Å². The van der Waals surface area contributed by atoms with Crippen LogP contribution in [0.4, 0.5) is 10.5 Å². The van der Waals surface area contributed by atoms with Crippen LogP contribution in [-0.2, 0) is 13.0 Å². The number of fused-ring (bicyclic) bond motifs is 1. The first-order chi connectivity index (χ1) is 16.1. The fraction of sp³-hybridized carbons (Fsp3) is 0.400. The van der Waals surface area contributed by atoms with E-state index in [-0.39, 0.29) is 12.1 Å². The molecule has 1 aliphatic heterocycles. The van der Waals surface area contributed by atoms with Crippen LogP contribution in [0.5, 0.6) is 11.5 Å². The van der Waals surface area contributed by atoms with Crippen LogP contribution in [0.15, 0.2) is 42.7 Å². The summed E-state index contributed by atoms with van der Waals surface area (Å²) in [5, 5.41) is 7.35. The number of carbonyl (C=O) groups is 1. The Hall–Kier alpha value is -2.97. The van der Waals surface area contributed by atoms with Gasteiger partial charge in [0.1, 0.15) is 16.5 Å². The van der Waals surface area contributed by atoms with Crippen LogP contribution in [0, 0.1) is 0 Å². The molecular formula is C25H32N4O3S. The zero-order valence-corrected chi connectivity index (χ0v) is 20.5. The van der Waals surface area contributed by atoms with Crippen LogP contribution in [0.1, 0.15) is 42.3 Å². The van der Waals surface area contributed by atoms with Crippen molar-refractivity contribution in [1.29, 1.82) is 0 Å². The van der Waals surface area contributed by atoms with Gasteiger partial charge in [-0.1, -0.05) is 13.8 Å². The lowest BCUT2D eigenvalue weighted by atomic mass is 9.96. The van der Waals surface area contributed by atoms with Gasteiger partial charge in [-0.15, -0.1) is 11.3 Å². The van der Waals surface area contributed by atoms with Crippen LogP contribution in [0.2, 0.25) is 0 Å². The summed E-state index contributed by atoms with van der Waals surface area (Å²) < 4.78 is 12.9. The number of aromatic nitrogens is 1. The summed E-state index contributed by atoms with van der Waals surface area (Å²) in [6.45, 7) is 7.38. The molecule has 0 radical (unpaired) electrons. The lowest BCUT2D eigenvalue weighted by molar-refractivity contribution is 0.247. The molecule has 0 saturated carbocycles. The second-order valence-corrected chi connectivity index (χ2v) is 9.14. The zero-order chi connectivity index (χ0) is 23.4. The van der Waals surface area contributed by atoms with Crippen molar-refractivity contribution in [2.24, 2.45) is 0 Å². The minimum Gasteiger partial charge on any atom is -0.497 e. The van der Waals surface area contributed by atoms with E-state index in [4.69, 9.17) is 9.47 Å². The van der Waals surface area contributed by atoms with Gasteiger partial charge in [-0.2, -0.15) is 0 Å². The maximum Gasteiger partial charge on any atom is 0.319 e. The highest BCUT2D eigenvalue weighted by Gasteiger charge is 2.29. The number of benzene rings is 1. The van der Waals surface area contributed by atoms with E-state index in [1.54, 1.807) is 32.4 Å². The maximum absolute atomic E-state index is 13.1. The van der Waals surface area contributed by atoms with Crippen molar-refractivity contribution in [3.63, 3.8) is 0 Å². The van der Waals surface area contributed by atoms with Crippen molar-refractivity contribution >= 4 is 23.1 Å². The number of carbonyl (C=O) groups excluding carboxylic acids is 1. The Morgan fingerprint density at radius 2 is 1.97 bits per heavy atom. The molecular weight excluding hydrogens is 436 g/mol. The van der Waals surface area contributed by atoms with Gasteiger partial charge in [0.2, 0.25) is 0 Å². The Kier molecular flexibility index (Phi) is 7.25. The normalized spacial score (nSPS) is 14.4. The Morgan fingerprint density at radius 3 is 2.64 bits per heavy atom. The first kappa shape index (κ1) is 23.2. The van der Waals surface area contributed by atoms with Gasteiger partial charge in [-0.05, 0) is 49.2 Å². The number of nitrogens with one attached hydrogen (secondary N) is 2. The fourth-order valence-corrected chi connectivity index (χ4v) is 5.78. The van der Waals surface area contributed by atoms with Gasteiger partial charge in [0.15, 0.2) is 0 Å². The molecule has 33 heavy (non-hydrogen) atoms. The standard InChI is InChI=1S/C25H32N4O3S/c1-5-19(26-25(30)27-20-15-17(31-3)9-10-21(20)32-4)23-18-11-14-28(6-2)16-22(18)33-24(23)29-12-7-8-13-29/h7-10,12-13,15,19H,5-6,11,14,16H2,1-4H3,(H2,26,27,30)/t19-/m0/s1. The maximum atomic E-state index is 13.1. The molecule has 7 nitrogen and oxygen atoms in total. The summed E-state index contributed by atoms with van der Waals surface area (Å²) in [6.07, 6.45) is 5.94. The molecule has 3 aromatic rings. The highest BCUT2D eigenvalue weighted by molar-refractivity contribution is 7.15. The van der Waals surface area contributed by atoms with Crippen LogP contribution in [-0.4, -0.2) is 42.8 Å². The third kappa shape index (κ3) is 4.86. The van der Waals surface area contributed by atoms with E-state index in [1.165, 1.54) is 21.0 Å². The monoisotopic (exact) mass is 468 g/mol. The Balaban J connectivity index is 1.63. The molecule has 0 fully saturated rings. The summed E-state index contributed by atoms with van der Waals surface area (Å²) in [6, 6.07) is 9.05. The number of rotatable bonds is 8. The number of ether oxygens (including phenoxy) is 2. The lowest BCUT2D eigenvalue weighted by Crippen LogP contribution is -2.34. The molecule has 2 amide bonds. The molecule has 2 N–H and O–H groups in total. The summed E-state index contributed by atoms with van der Waals surface area (Å²) in [5.41, 5.74) is 3.19.